The summed E-state index contributed by atoms with van der Waals surface area (Å²) in [5, 5.41) is 2.99. The molecular weight excluding hydrogens is 340 g/mol. The molecule has 5 heteroatoms. The van der Waals surface area contributed by atoms with Gasteiger partial charge in [0.05, 0.1) is 20.6 Å². The summed E-state index contributed by atoms with van der Waals surface area (Å²) in [6.45, 7) is 2.95. The molecule has 0 atom stereocenters. The van der Waals surface area contributed by atoms with Gasteiger partial charge < -0.3 is 19.7 Å². The van der Waals surface area contributed by atoms with Crippen LogP contribution in [0.4, 0.5) is 5.69 Å². The van der Waals surface area contributed by atoms with Crippen LogP contribution in [0.3, 0.4) is 0 Å². The Morgan fingerprint density at radius 2 is 1.63 bits per heavy atom. The van der Waals surface area contributed by atoms with Crippen molar-refractivity contribution in [3.8, 4) is 11.5 Å². The summed E-state index contributed by atoms with van der Waals surface area (Å²) in [4.78, 5) is 14.6. The second-order valence-electron chi connectivity index (χ2n) is 6.83. The summed E-state index contributed by atoms with van der Waals surface area (Å²) in [6, 6.07) is 14.2. The molecule has 0 radical (unpaired) electrons. The van der Waals surface area contributed by atoms with Crippen LogP contribution in [0.15, 0.2) is 42.5 Å². The van der Waals surface area contributed by atoms with Crippen LogP contribution in [-0.4, -0.2) is 39.8 Å². The lowest BCUT2D eigenvalue weighted by Crippen LogP contribution is -2.27. The number of carbonyl (C=O) groups is 1. The van der Waals surface area contributed by atoms with Crippen molar-refractivity contribution in [2.75, 3.05) is 38.8 Å². The lowest BCUT2D eigenvalue weighted by Gasteiger charge is -2.17. The predicted octanol–water partition coefficient (Wildman–Crippen LogP) is 3.21. The molecule has 0 bridgehead atoms. The van der Waals surface area contributed by atoms with E-state index in [9.17, 15) is 4.79 Å². The Morgan fingerprint density at radius 3 is 2.30 bits per heavy atom. The van der Waals surface area contributed by atoms with Crippen molar-refractivity contribution in [2.45, 2.75) is 25.7 Å². The number of anilines is 1. The van der Waals surface area contributed by atoms with E-state index in [1.54, 1.807) is 14.2 Å². The molecule has 0 aliphatic carbocycles. The summed E-state index contributed by atoms with van der Waals surface area (Å²) in [5.41, 5.74) is 3.44. The van der Waals surface area contributed by atoms with E-state index in [0.717, 1.165) is 25.1 Å². The minimum absolute atomic E-state index is 0.0101. The van der Waals surface area contributed by atoms with Crippen molar-refractivity contribution >= 4 is 11.6 Å². The van der Waals surface area contributed by atoms with Gasteiger partial charge in [-0.05, 0) is 54.7 Å². The first-order chi connectivity index (χ1) is 13.2. The molecule has 1 aliphatic heterocycles. The van der Waals surface area contributed by atoms with Gasteiger partial charge in [-0.3, -0.25) is 4.79 Å². The van der Waals surface area contributed by atoms with Crippen LogP contribution in [0, 0.1) is 0 Å². The van der Waals surface area contributed by atoms with E-state index in [-0.39, 0.29) is 5.91 Å². The molecule has 1 saturated heterocycles. The van der Waals surface area contributed by atoms with Crippen LogP contribution in [0.5, 0.6) is 11.5 Å². The van der Waals surface area contributed by atoms with Crippen LogP contribution < -0.4 is 19.7 Å². The average Bonchev–Trinajstić information content (AvgIpc) is 3.23. The number of hydrogen-bond donors (Lipinski definition) is 1. The molecule has 1 N–H and O–H groups in total. The van der Waals surface area contributed by atoms with E-state index in [0.29, 0.717) is 24.5 Å². The minimum atomic E-state index is 0.0101. The van der Waals surface area contributed by atoms with Crippen LogP contribution in [0.25, 0.3) is 0 Å². The number of nitrogens with zero attached hydrogens (tertiary/aromatic N) is 1. The highest BCUT2D eigenvalue weighted by atomic mass is 16.5. The number of amides is 1. The van der Waals surface area contributed by atoms with Gasteiger partial charge in [0.2, 0.25) is 5.91 Å². The molecule has 0 unspecified atom stereocenters. The Hall–Kier alpha value is -2.69. The number of carbonyl (C=O) groups excluding carboxylic acids is 1. The van der Waals surface area contributed by atoms with Crippen LogP contribution in [-0.2, 0) is 17.6 Å². The molecule has 27 heavy (non-hydrogen) atoms. The SMILES string of the molecule is COc1ccc(CC(=O)NCCc2ccc(N3CCCC3)cc2)cc1OC. The number of rotatable bonds is 8. The highest BCUT2D eigenvalue weighted by Gasteiger charge is 2.12. The second kappa shape index (κ2) is 9.31. The molecule has 3 rings (SSSR count). The van der Waals surface area contributed by atoms with Gasteiger partial charge >= 0.3 is 0 Å². The lowest BCUT2D eigenvalue weighted by atomic mass is 10.1. The van der Waals surface area contributed by atoms with Crippen molar-refractivity contribution in [1.29, 1.82) is 0 Å². The van der Waals surface area contributed by atoms with E-state index in [4.69, 9.17) is 9.47 Å². The zero-order valence-corrected chi connectivity index (χ0v) is 16.2. The van der Waals surface area contributed by atoms with E-state index in [1.807, 2.05) is 18.2 Å². The first kappa shape index (κ1) is 19.1. The zero-order chi connectivity index (χ0) is 19.1. The van der Waals surface area contributed by atoms with Gasteiger partial charge in [0.1, 0.15) is 0 Å². The van der Waals surface area contributed by atoms with Crippen molar-refractivity contribution in [1.82, 2.24) is 5.32 Å². The standard InChI is InChI=1S/C22H28N2O3/c1-26-20-10-7-18(15-21(20)27-2)16-22(25)23-12-11-17-5-8-19(9-6-17)24-13-3-4-14-24/h5-10,15H,3-4,11-14,16H2,1-2H3,(H,23,25). The van der Waals surface area contributed by atoms with Crippen LogP contribution >= 0.6 is 0 Å². The maximum atomic E-state index is 12.2. The van der Waals surface area contributed by atoms with Gasteiger partial charge in [0.25, 0.3) is 0 Å². The normalized spacial score (nSPS) is 13.5. The fraction of sp³-hybridized carbons (Fsp3) is 0.409. The van der Waals surface area contributed by atoms with Crippen molar-refractivity contribution in [3.05, 3.63) is 53.6 Å². The first-order valence-corrected chi connectivity index (χ1v) is 9.51. The Balaban J connectivity index is 1.45. The third kappa shape index (κ3) is 5.16. The van der Waals surface area contributed by atoms with Crippen LogP contribution in [0.2, 0.25) is 0 Å². The molecule has 0 spiro atoms. The predicted molar refractivity (Wildman–Crippen MR) is 108 cm³/mol. The molecular formula is C22H28N2O3. The van der Waals surface area contributed by atoms with E-state index in [2.05, 4.69) is 34.5 Å². The maximum absolute atomic E-state index is 12.2. The topological polar surface area (TPSA) is 50.8 Å². The molecule has 0 saturated carbocycles. The zero-order valence-electron chi connectivity index (χ0n) is 16.2. The number of nitrogens with one attached hydrogen (secondary N) is 1. The van der Waals surface area contributed by atoms with E-state index in [1.165, 1.54) is 24.1 Å². The number of methoxy groups -OCH3 is 2. The van der Waals surface area contributed by atoms with E-state index >= 15 is 0 Å². The van der Waals surface area contributed by atoms with Crippen molar-refractivity contribution in [2.24, 2.45) is 0 Å². The van der Waals surface area contributed by atoms with Gasteiger partial charge in [-0.1, -0.05) is 18.2 Å². The Morgan fingerprint density at radius 1 is 0.963 bits per heavy atom. The fourth-order valence-corrected chi connectivity index (χ4v) is 3.43. The van der Waals surface area contributed by atoms with Crippen molar-refractivity contribution in [3.63, 3.8) is 0 Å². The second-order valence-corrected chi connectivity index (χ2v) is 6.83. The smallest absolute Gasteiger partial charge is 0.224 e. The Bertz CT molecular complexity index is 753. The largest absolute Gasteiger partial charge is 0.493 e. The Kier molecular flexibility index (Phi) is 6.58. The summed E-state index contributed by atoms with van der Waals surface area (Å²) in [5.74, 6) is 1.32. The average molecular weight is 368 g/mol. The van der Waals surface area contributed by atoms with Crippen molar-refractivity contribution < 1.29 is 14.3 Å². The summed E-state index contributed by atoms with van der Waals surface area (Å²) in [6.07, 6.45) is 3.73. The third-order valence-electron chi connectivity index (χ3n) is 4.96. The lowest BCUT2D eigenvalue weighted by molar-refractivity contribution is -0.120. The minimum Gasteiger partial charge on any atom is -0.493 e. The van der Waals surface area contributed by atoms with Gasteiger partial charge in [0.15, 0.2) is 11.5 Å². The molecule has 2 aromatic carbocycles. The van der Waals surface area contributed by atoms with Gasteiger partial charge in [-0.2, -0.15) is 0 Å². The summed E-state index contributed by atoms with van der Waals surface area (Å²) < 4.78 is 10.5. The molecule has 1 heterocycles. The molecule has 2 aromatic rings. The molecule has 1 fully saturated rings. The summed E-state index contributed by atoms with van der Waals surface area (Å²) in [7, 11) is 3.19. The van der Waals surface area contributed by atoms with Gasteiger partial charge in [-0.25, -0.2) is 0 Å². The quantitative estimate of drug-likeness (QED) is 0.777. The molecule has 5 nitrogen and oxygen atoms in total. The monoisotopic (exact) mass is 368 g/mol. The highest BCUT2D eigenvalue weighted by molar-refractivity contribution is 5.78. The van der Waals surface area contributed by atoms with Gasteiger partial charge in [-0.15, -0.1) is 0 Å². The number of benzene rings is 2. The molecule has 1 amide bonds. The molecule has 144 valence electrons. The number of ether oxygens (including phenoxy) is 2. The van der Waals surface area contributed by atoms with Crippen LogP contribution in [0.1, 0.15) is 24.0 Å². The molecule has 0 aromatic heterocycles. The summed E-state index contributed by atoms with van der Waals surface area (Å²) >= 11 is 0. The fourth-order valence-electron chi connectivity index (χ4n) is 3.43. The first-order valence-electron chi connectivity index (χ1n) is 9.51. The maximum Gasteiger partial charge on any atom is 0.224 e. The Labute approximate surface area is 161 Å². The molecule has 1 aliphatic rings. The highest BCUT2D eigenvalue weighted by Crippen LogP contribution is 2.27. The third-order valence-corrected chi connectivity index (χ3v) is 4.96. The number of hydrogen-bond acceptors (Lipinski definition) is 4. The van der Waals surface area contributed by atoms with E-state index < -0.39 is 0 Å². The van der Waals surface area contributed by atoms with Gasteiger partial charge in [0, 0.05) is 25.3 Å².